The maximum atomic E-state index is 15.7. The number of primary amides is 1. The van der Waals surface area contributed by atoms with E-state index in [1.807, 2.05) is 32.1 Å². The Morgan fingerprint density at radius 1 is 1.14 bits per heavy atom. The fraction of sp³-hybridized carbons (Fsp3) is 0.273. The van der Waals surface area contributed by atoms with Crippen LogP contribution in [0.4, 0.5) is 15.8 Å². The van der Waals surface area contributed by atoms with Crippen LogP contribution in [0.2, 0.25) is 0 Å². The number of rotatable bonds is 8. The molecular formula is C33H33FN4O4. The fourth-order valence-electron chi connectivity index (χ4n) is 5.73. The maximum absolute atomic E-state index is 15.7. The van der Waals surface area contributed by atoms with Crippen LogP contribution in [0.3, 0.4) is 0 Å². The number of nitrogens with zero attached hydrogens (tertiary/aromatic N) is 2. The predicted molar refractivity (Wildman–Crippen MR) is 161 cm³/mol. The van der Waals surface area contributed by atoms with E-state index in [1.165, 1.54) is 18.2 Å². The molecule has 0 saturated heterocycles. The molecule has 5 rings (SSSR count). The Labute approximate surface area is 243 Å². The molecule has 1 aliphatic heterocycles. The van der Waals surface area contributed by atoms with Gasteiger partial charge in [0.25, 0.3) is 11.6 Å². The number of aryl methyl sites for hydroxylation is 1. The van der Waals surface area contributed by atoms with Gasteiger partial charge in [-0.25, -0.2) is 4.39 Å². The highest BCUT2D eigenvalue weighted by atomic mass is 19.1. The van der Waals surface area contributed by atoms with Crippen LogP contribution in [0, 0.1) is 15.5 Å². The van der Waals surface area contributed by atoms with Gasteiger partial charge in [-0.05, 0) is 78.8 Å². The van der Waals surface area contributed by atoms with Gasteiger partial charge in [-0.2, -0.15) is 0 Å². The summed E-state index contributed by atoms with van der Waals surface area (Å²) in [5, 5.41) is 13.9. The number of non-ortho nitro benzene ring substituents is 1. The number of halogens is 1. The minimum Gasteiger partial charge on any atom is -0.370 e. The molecule has 3 aromatic rings. The Bertz CT molecular complexity index is 1610. The van der Waals surface area contributed by atoms with E-state index < -0.39 is 16.2 Å². The summed E-state index contributed by atoms with van der Waals surface area (Å²) in [5.74, 6) is -1.03. The molecule has 0 radical (unpaired) electrons. The van der Waals surface area contributed by atoms with Crippen molar-refractivity contribution >= 4 is 28.8 Å². The zero-order valence-electron chi connectivity index (χ0n) is 23.6. The lowest BCUT2D eigenvalue weighted by atomic mass is 9.78. The van der Waals surface area contributed by atoms with Gasteiger partial charge >= 0.3 is 0 Å². The molecule has 3 aromatic carbocycles. The summed E-state index contributed by atoms with van der Waals surface area (Å²) in [7, 11) is 0. The lowest BCUT2D eigenvalue weighted by Gasteiger charge is -2.40. The summed E-state index contributed by atoms with van der Waals surface area (Å²) in [5.41, 5.74) is 9.74. The molecule has 42 heavy (non-hydrogen) atoms. The topological polar surface area (TPSA) is 119 Å². The molecule has 216 valence electrons. The Kier molecular flexibility index (Phi) is 7.93. The van der Waals surface area contributed by atoms with Crippen molar-refractivity contribution in [2.75, 3.05) is 18.0 Å². The zero-order valence-corrected chi connectivity index (χ0v) is 23.6. The van der Waals surface area contributed by atoms with E-state index in [2.05, 4.69) is 10.2 Å². The highest BCUT2D eigenvalue weighted by Crippen LogP contribution is 2.42. The Hall–Kier alpha value is -4.79. The maximum Gasteiger partial charge on any atom is 0.269 e. The van der Waals surface area contributed by atoms with Crippen LogP contribution in [0.5, 0.6) is 0 Å². The first-order chi connectivity index (χ1) is 20.1. The van der Waals surface area contributed by atoms with Crippen LogP contribution in [0.1, 0.15) is 70.1 Å². The SMILES string of the molecule is C[C@H](NC(=O)c1ccc2c(c1)CCCN2CC1(C)CC=C(c2ccccc2C(N)=O)C=C1F)c1ccc([N+](=O)[O-])cc1. The van der Waals surface area contributed by atoms with Crippen molar-refractivity contribution in [1.29, 1.82) is 0 Å². The first-order valence-corrected chi connectivity index (χ1v) is 14.0. The van der Waals surface area contributed by atoms with E-state index in [9.17, 15) is 19.7 Å². The van der Waals surface area contributed by atoms with Crippen molar-refractivity contribution in [3.63, 3.8) is 0 Å². The molecule has 0 aromatic heterocycles. The molecule has 8 nitrogen and oxygen atoms in total. The first kappa shape index (κ1) is 28.7. The van der Waals surface area contributed by atoms with Crippen LogP contribution in [0.25, 0.3) is 5.57 Å². The van der Waals surface area contributed by atoms with Gasteiger partial charge in [0.1, 0.15) is 5.83 Å². The van der Waals surface area contributed by atoms with Crippen molar-refractivity contribution in [2.24, 2.45) is 11.1 Å². The third-order valence-electron chi connectivity index (χ3n) is 8.18. The van der Waals surface area contributed by atoms with Crippen molar-refractivity contribution in [3.8, 4) is 0 Å². The van der Waals surface area contributed by atoms with E-state index in [0.29, 0.717) is 35.2 Å². The molecule has 3 N–H and O–H groups in total. The van der Waals surface area contributed by atoms with Gasteiger partial charge in [0, 0.05) is 47.5 Å². The third-order valence-corrected chi connectivity index (χ3v) is 8.18. The molecule has 0 fully saturated rings. The summed E-state index contributed by atoms with van der Waals surface area (Å²) < 4.78 is 15.7. The van der Waals surface area contributed by atoms with Crippen LogP contribution < -0.4 is 16.0 Å². The molecule has 1 aliphatic carbocycles. The number of carbonyl (C=O) groups excluding carboxylic acids is 2. The number of anilines is 1. The summed E-state index contributed by atoms with van der Waals surface area (Å²) in [6.07, 6.45) is 5.63. The number of carbonyl (C=O) groups is 2. The monoisotopic (exact) mass is 568 g/mol. The van der Waals surface area contributed by atoms with Gasteiger partial charge in [-0.1, -0.05) is 43.3 Å². The Morgan fingerprint density at radius 2 is 1.88 bits per heavy atom. The second kappa shape index (κ2) is 11.6. The second-order valence-corrected chi connectivity index (χ2v) is 11.2. The number of benzene rings is 3. The third kappa shape index (κ3) is 5.81. The van der Waals surface area contributed by atoms with Crippen LogP contribution in [-0.2, 0) is 6.42 Å². The quantitative estimate of drug-likeness (QED) is 0.245. The fourth-order valence-corrected chi connectivity index (χ4v) is 5.73. The Balaban J connectivity index is 1.29. The minimum atomic E-state index is -0.754. The number of nitro benzene ring substituents is 1. The molecule has 2 amide bonds. The summed E-state index contributed by atoms with van der Waals surface area (Å²) in [6, 6.07) is 18.4. The van der Waals surface area contributed by atoms with Gasteiger partial charge in [-0.3, -0.25) is 19.7 Å². The van der Waals surface area contributed by atoms with Crippen molar-refractivity contribution in [3.05, 3.63) is 123 Å². The molecule has 2 aliphatic rings. The van der Waals surface area contributed by atoms with Gasteiger partial charge in [-0.15, -0.1) is 0 Å². The number of nitro groups is 1. The van der Waals surface area contributed by atoms with E-state index in [0.717, 1.165) is 36.2 Å². The second-order valence-electron chi connectivity index (χ2n) is 11.2. The Morgan fingerprint density at radius 3 is 2.57 bits per heavy atom. The minimum absolute atomic E-state index is 0.00106. The molecule has 0 bridgehead atoms. The van der Waals surface area contributed by atoms with Crippen molar-refractivity contribution < 1.29 is 18.9 Å². The lowest BCUT2D eigenvalue weighted by Crippen LogP contribution is -2.40. The van der Waals surface area contributed by atoms with Crippen LogP contribution in [-0.4, -0.2) is 29.8 Å². The number of nitrogens with one attached hydrogen (secondary N) is 1. The van der Waals surface area contributed by atoms with Crippen LogP contribution in [0.15, 0.2) is 84.7 Å². The average Bonchev–Trinajstić information content (AvgIpc) is 2.98. The highest BCUT2D eigenvalue weighted by Gasteiger charge is 2.35. The largest absolute Gasteiger partial charge is 0.370 e. The standard InChI is InChI=1S/C33H33FN4O4/c1-21(22-9-12-26(13-10-22)38(41)42)36-32(40)25-11-14-29-24(18-25)6-5-17-37(29)20-33(2)16-15-23(19-30(33)34)27-7-3-4-8-28(27)31(35)39/h3-4,7-15,18-19,21H,5-6,16-17,20H2,1-2H3,(H2,35,39)(H,36,40)/t21-,33?/m0/s1. The van der Waals surface area contributed by atoms with E-state index in [1.54, 1.807) is 42.5 Å². The van der Waals surface area contributed by atoms with Crippen LogP contribution >= 0.6 is 0 Å². The number of amides is 2. The molecular weight excluding hydrogens is 535 g/mol. The molecule has 1 heterocycles. The number of hydrogen-bond donors (Lipinski definition) is 2. The van der Waals surface area contributed by atoms with Gasteiger partial charge in [0.2, 0.25) is 5.91 Å². The van der Waals surface area contributed by atoms with Gasteiger partial charge in [0.15, 0.2) is 0 Å². The van der Waals surface area contributed by atoms with E-state index in [4.69, 9.17) is 5.73 Å². The van der Waals surface area contributed by atoms with Gasteiger partial charge in [0.05, 0.1) is 11.0 Å². The summed E-state index contributed by atoms with van der Waals surface area (Å²) in [4.78, 5) is 37.6. The highest BCUT2D eigenvalue weighted by molar-refractivity contribution is 5.99. The number of fused-ring (bicyclic) bond motifs is 1. The van der Waals surface area contributed by atoms with Crippen molar-refractivity contribution in [2.45, 2.75) is 39.2 Å². The predicted octanol–water partition coefficient (Wildman–Crippen LogP) is 6.28. The molecule has 1 unspecified atom stereocenters. The number of nitrogens with two attached hydrogens (primary N) is 1. The van der Waals surface area contributed by atoms with E-state index in [-0.39, 0.29) is 23.5 Å². The zero-order chi connectivity index (χ0) is 30.0. The van der Waals surface area contributed by atoms with Gasteiger partial charge < -0.3 is 16.0 Å². The molecule has 9 heteroatoms. The van der Waals surface area contributed by atoms with Crippen molar-refractivity contribution in [1.82, 2.24) is 5.32 Å². The normalized spacial score (nSPS) is 18.8. The van der Waals surface area contributed by atoms with E-state index >= 15 is 4.39 Å². The smallest absolute Gasteiger partial charge is 0.269 e. The molecule has 0 saturated carbocycles. The molecule has 0 spiro atoms. The summed E-state index contributed by atoms with van der Waals surface area (Å²) in [6.45, 7) is 4.98. The number of hydrogen-bond acceptors (Lipinski definition) is 5. The number of allylic oxidation sites excluding steroid dienone is 3. The first-order valence-electron chi connectivity index (χ1n) is 14.0. The average molecular weight is 569 g/mol. The lowest BCUT2D eigenvalue weighted by molar-refractivity contribution is -0.384. The summed E-state index contributed by atoms with van der Waals surface area (Å²) >= 11 is 0. The molecule has 2 atom stereocenters.